The molecule has 0 aromatic heterocycles. The fourth-order valence-electron chi connectivity index (χ4n) is 1.46. The Balaban J connectivity index is 2.48. The molecule has 2 N–H and O–H groups in total. The van der Waals surface area contributed by atoms with Crippen LogP contribution >= 0.6 is 0 Å². The maximum Gasteiger partial charge on any atom is 0.231 e. The van der Waals surface area contributed by atoms with Crippen LogP contribution in [0.5, 0.6) is 11.5 Å². The van der Waals surface area contributed by atoms with Crippen LogP contribution in [0.25, 0.3) is 0 Å². The molecule has 0 saturated heterocycles. The van der Waals surface area contributed by atoms with E-state index in [0.29, 0.717) is 5.75 Å². The zero-order valence-electron chi connectivity index (χ0n) is 7.78. The van der Waals surface area contributed by atoms with Crippen molar-refractivity contribution in [3.05, 3.63) is 23.3 Å². The van der Waals surface area contributed by atoms with Crippen molar-refractivity contribution >= 4 is 0 Å². The lowest BCUT2D eigenvalue weighted by Crippen LogP contribution is -2.08. The number of benzene rings is 1. The monoisotopic (exact) mass is 190 g/mol. The Hall–Kier alpha value is -1.73. The second-order valence-electron chi connectivity index (χ2n) is 3.17. The highest BCUT2D eigenvalue weighted by atomic mass is 16.7. The lowest BCUT2D eigenvalue weighted by atomic mass is 10.0. The van der Waals surface area contributed by atoms with E-state index in [1.54, 1.807) is 6.07 Å². The van der Waals surface area contributed by atoms with E-state index in [1.165, 1.54) is 0 Å². The smallest absolute Gasteiger partial charge is 0.231 e. The van der Waals surface area contributed by atoms with Crippen molar-refractivity contribution < 1.29 is 9.47 Å². The summed E-state index contributed by atoms with van der Waals surface area (Å²) < 4.78 is 10.4. The predicted octanol–water partition coefficient (Wildman–Crippen LogP) is 1.25. The normalized spacial score (nSPS) is 14.9. The molecule has 14 heavy (non-hydrogen) atoms. The average Bonchev–Trinajstić information content (AvgIpc) is 2.62. The van der Waals surface area contributed by atoms with Gasteiger partial charge in [0.25, 0.3) is 0 Å². The third kappa shape index (κ3) is 1.28. The summed E-state index contributed by atoms with van der Waals surface area (Å²) in [5.74, 6) is 1.38. The highest BCUT2D eigenvalue weighted by Crippen LogP contribution is 2.35. The molecule has 0 bridgehead atoms. The number of nitrogens with two attached hydrogens (primary N) is 1. The minimum absolute atomic E-state index is 0.236. The molecule has 1 aliphatic heterocycles. The second kappa shape index (κ2) is 3.20. The van der Waals surface area contributed by atoms with Gasteiger partial charge in [-0.15, -0.1) is 0 Å². The topological polar surface area (TPSA) is 68.3 Å². The van der Waals surface area contributed by atoms with Gasteiger partial charge in [0, 0.05) is 0 Å². The summed E-state index contributed by atoms with van der Waals surface area (Å²) in [5.41, 5.74) is 7.37. The molecule has 0 radical (unpaired) electrons. The number of nitrogens with zero attached hydrogens (tertiary/aromatic N) is 1. The zero-order chi connectivity index (χ0) is 10.1. The first kappa shape index (κ1) is 8.85. The van der Waals surface area contributed by atoms with E-state index < -0.39 is 6.04 Å². The molecule has 0 aliphatic carbocycles. The molecule has 4 nitrogen and oxygen atoms in total. The van der Waals surface area contributed by atoms with Crippen molar-refractivity contribution in [2.24, 2.45) is 5.73 Å². The van der Waals surface area contributed by atoms with Crippen LogP contribution in [0.2, 0.25) is 0 Å². The number of hydrogen-bond acceptors (Lipinski definition) is 4. The fourth-order valence-corrected chi connectivity index (χ4v) is 1.46. The van der Waals surface area contributed by atoms with Gasteiger partial charge < -0.3 is 15.2 Å². The molecule has 72 valence electrons. The molecule has 1 aromatic carbocycles. The Labute approximate surface area is 81.8 Å². The standard InChI is InChI=1S/C10H10N2O2/c1-6-2-9-10(14-5-13-9)3-7(6)8(12)4-11/h2-3,8H,5,12H2,1H3. The van der Waals surface area contributed by atoms with Crippen molar-refractivity contribution in [2.45, 2.75) is 13.0 Å². The summed E-state index contributed by atoms with van der Waals surface area (Å²) in [6, 6.07) is 5.00. The second-order valence-corrected chi connectivity index (χ2v) is 3.17. The van der Waals surface area contributed by atoms with Crippen molar-refractivity contribution in [1.29, 1.82) is 5.26 Å². The number of hydrogen-bond donors (Lipinski definition) is 1. The van der Waals surface area contributed by atoms with Crippen LogP contribution in [0.3, 0.4) is 0 Å². The van der Waals surface area contributed by atoms with Crippen molar-refractivity contribution in [2.75, 3.05) is 6.79 Å². The van der Waals surface area contributed by atoms with E-state index in [4.69, 9.17) is 20.5 Å². The highest BCUT2D eigenvalue weighted by molar-refractivity contribution is 5.50. The molecule has 1 unspecified atom stereocenters. The van der Waals surface area contributed by atoms with Crippen LogP contribution in [0.1, 0.15) is 17.2 Å². The molecule has 2 rings (SSSR count). The van der Waals surface area contributed by atoms with Crippen LogP contribution in [-0.4, -0.2) is 6.79 Å². The number of ether oxygens (including phenoxy) is 2. The summed E-state index contributed by atoms with van der Waals surface area (Å²) in [7, 11) is 0. The molecule has 0 saturated carbocycles. The predicted molar refractivity (Wildman–Crippen MR) is 49.8 cm³/mol. The third-order valence-electron chi connectivity index (χ3n) is 2.24. The Bertz CT molecular complexity index is 409. The molecule has 0 fully saturated rings. The molecule has 4 heteroatoms. The van der Waals surface area contributed by atoms with Gasteiger partial charge in [0.1, 0.15) is 6.04 Å². The Kier molecular flexibility index (Phi) is 2.02. The largest absolute Gasteiger partial charge is 0.454 e. The molecule has 1 heterocycles. The van der Waals surface area contributed by atoms with Crippen LogP contribution < -0.4 is 15.2 Å². The van der Waals surface area contributed by atoms with Gasteiger partial charge in [-0.2, -0.15) is 5.26 Å². The van der Waals surface area contributed by atoms with E-state index in [-0.39, 0.29) is 6.79 Å². The van der Waals surface area contributed by atoms with Crippen LogP contribution in [0, 0.1) is 18.3 Å². The molecule has 0 spiro atoms. The van der Waals surface area contributed by atoms with Gasteiger partial charge in [0.2, 0.25) is 6.79 Å². The minimum atomic E-state index is -0.607. The first-order chi connectivity index (χ1) is 6.72. The van der Waals surface area contributed by atoms with Gasteiger partial charge in [-0.1, -0.05) is 0 Å². The quantitative estimate of drug-likeness (QED) is 0.723. The van der Waals surface area contributed by atoms with Crippen LogP contribution in [0.4, 0.5) is 0 Å². The van der Waals surface area contributed by atoms with Gasteiger partial charge in [-0.3, -0.25) is 0 Å². The van der Waals surface area contributed by atoms with E-state index >= 15 is 0 Å². The molecule has 0 amide bonds. The van der Waals surface area contributed by atoms with E-state index in [0.717, 1.165) is 16.9 Å². The maximum absolute atomic E-state index is 8.71. The summed E-state index contributed by atoms with van der Waals surface area (Å²) in [6.45, 7) is 2.13. The first-order valence-corrected chi connectivity index (χ1v) is 4.27. The molecular formula is C10H10N2O2. The minimum Gasteiger partial charge on any atom is -0.454 e. The lowest BCUT2D eigenvalue weighted by Gasteiger charge is -2.08. The van der Waals surface area contributed by atoms with Crippen molar-refractivity contribution in [3.63, 3.8) is 0 Å². The summed E-state index contributed by atoms with van der Waals surface area (Å²) >= 11 is 0. The van der Waals surface area contributed by atoms with Gasteiger partial charge in [-0.25, -0.2) is 0 Å². The molecule has 1 atom stereocenters. The van der Waals surface area contributed by atoms with Gasteiger partial charge in [0.05, 0.1) is 6.07 Å². The van der Waals surface area contributed by atoms with Gasteiger partial charge >= 0.3 is 0 Å². The summed E-state index contributed by atoms with van der Waals surface area (Å²) in [4.78, 5) is 0. The summed E-state index contributed by atoms with van der Waals surface area (Å²) in [6.07, 6.45) is 0. The third-order valence-corrected chi connectivity index (χ3v) is 2.24. The Morgan fingerprint density at radius 1 is 1.43 bits per heavy atom. The zero-order valence-corrected chi connectivity index (χ0v) is 7.78. The number of nitriles is 1. The average molecular weight is 190 g/mol. The molecule has 1 aliphatic rings. The summed E-state index contributed by atoms with van der Waals surface area (Å²) in [5, 5.41) is 8.71. The maximum atomic E-state index is 8.71. The van der Waals surface area contributed by atoms with Crippen molar-refractivity contribution in [3.8, 4) is 17.6 Å². The van der Waals surface area contributed by atoms with Crippen LogP contribution in [0.15, 0.2) is 12.1 Å². The fraction of sp³-hybridized carbons (Fsp3) is 0.300. The SMILES string of the molecule is Cc1cc2c(cc1C(N)C#N)OCO2. The molecule has 1 aromatic rings. The van der Waals surface area contributed by atoms with Gasteiger partial charge in [0.15, 0.2) is 11.5 Å². The van der Waals surface area contributed by atoms with E-state index in [9.17, 15) is 0 Å². The van der Waals surface area contributed by atoms with Crippen molar-refractivity contribution in [1.82, 2.24) is 0 Å². The first-order valence-electron chi connectivity index (χ1n) is 4.27. The van der Waals surface area contributed by atoms with E-state index in [1.807, 2.05) is 19.1 Å². The van der Waals surface area contributed by atoms with Gasteiger partial charge in [-0.05, 0) is 30.2 Å². The lowest BCUT2D eigenvalue weighted by molar-refractivity contribution is 0.174. The molecular weight excluding hydrogens is 180 g/mol. The number of aryl methyl sites for hydroxylation is 1. The number of rotatable bonds is 1. The highest BCUT2D eigenvalue weighted by Gasteiger charge is 2.18. The number of fused-ring (bicyclic) bond motifs is 1. The van der Waals surface area contributed by atoms with E-state index in [2.05, 4.69) is 0 Å². The Morgan fingerprint density at radius 3 is 2.71 bits per heavy atom. The van der Waals surface area contributed by atoms with Crippen LogP contribution in [-0.2, 0) is 0 Å². The Morgan fingerprint density at radius 2 is 2.07 bits per heavy atom.